The van der Waals surface area contributed by atoms with Gasteiger partial charge in [0.25, 0.3) is 5.91 Å². The maximum atomic E-state index is 13.0. The summed E-state index contributed by atoms with van der Waals surface area (Å²) in [5.41, 5.74) is 0.0626. The lowest BCUT2D eigenvalue weighted by atomic mass is 10.1. The Labute approximate surface area is 167 Å². The van der Waals surface area contributed by atoms with Crippen LogP contribution in [-0.2, 0) is 17.5 Å². The summed E-state index contributed by atoms with van der Waals surface area (Å²) in [5.74, 6) is -1.23. The highest BCUT2D eigenvalue weighted by Gasteiger charge is 2.37. The van der Waals surface area contributed by atoms with E-state index >= 15 is 0 Å². The monoisotopic (exact) mass is 424 g/mol. The first-order chi connectivity index (χ1) is 13.6. The molecule has 0 aliphatic rings. The van der Waals surface area contributed by atoms with E-state index in [1.54, 1.807) is 19.1 Å². The molecule has 0 unspecified atom stereocenters. The van der Waals surface area contributed by atoms with E-state index in [1.807, 2.05) is 0 Å². The zero-order valence-corrected chi connectivity index (χ0v) is 16.1. The van der Waals surface area contributed by atoms with Crippen molar-refractivity contribution >= 4 is 28.9 Å². The summed E-state index contributed by atoms with van der Waals surface area (Å²) in [5, 5.41) is 2.84. The topological polar surface area (TPSA) is 81.4 Å². The summed E-state index contributed by atoms with van der Waals surface area (Å²) in [4.78, 5) is 27.7. The van der Waals surface area contributed by atoms with Crippen molar-refractivity contribution in [2.45, 2.75) is 26.6 Å². The Balaban J connectivity index is 1.73. The summed E-state index contributed by atoms with van der Waals surface area (Å²) in [6.45, 7) is 2.61. The quantitative estimate of drug-likeness (QED) is 0.584. The Kier molecular flexibility index (Phi) is 5.73. The normalized spacial score (nSPS) is 11.3. The molecule has 1 amide bonds. The Hall–Kier alpha value is -3.14. The first-order valence-corrected chi connectivity index (χ1v) is 9.13. The minimum absolute atomic E-state index is 0.0835. The number of nitrogens with zero attached hydrogens (tertiary/aromatic N) is 1. The van der Waals surface area contributed by atoms with Crippen LogP contribution in [0, 0.1) is 13.8 Å². The number of halogens is 3. The molecule has 0 saturated heterocycles. The molecule has 0 fully saturated rings. The highest BCUT2D eigenvalue weighted by Crippen LogP contribution is 2.34. The van der Waals surface area contributed by atoms with Crippen molar-refractivity contribution in [3.8, 4) is 0 Å². The molecule has 2 aromatic heterocycles. The van der Waals surface area contributed by atoms with Crippen LogP contribution in [0.25, 0.3) is 0 Å². The first kappa shape index (κ1) is 20.6. The number of benzene rings is 1. The number of hydrogen-bond donors (Lipinski definition) is 1. The number of anilines is 1. The van der Waals surface area contributed by atoms with Gasteiger partial charge in [-0.3, -0.25) is 4.79 Å². The van der Waals surface area contributed by atoms with E-state index in [4.69, 9.17) is 9.15 Å². The Bertz CT molecular complexity index is 1040. The summed E-state index contributed by atoms with van der Waals surface area (Å²) in [6, 6.07) is 7.49. The van der Waals surface area contributed by atoms with Crippen LogP contribution in [0.2, 0.25) is 0 Å². The SMILES string of the molecule is Cc1nc(C(F)(F)F)c(COC(=O)c2ccc(C)c(NC(=O)c3ccco3)c2)s1. The molecule has 3 rings (SSSR count). The summed E-state index contributed by atoms with van der Waals surface area (Å²) < 4.78 is 49.0. The van der Waals surface area contributed by atoms with Crippen LogP contribution < -0.4 is 5.32 Å². The lowest BCUT2D eigenvalue weighted by molar-refractivity contribution is -0.141. The maximum Gasteiger partial charge on any atom is 0.434 e. The van der Waals surface area contributed by atoms with E-state index in [2.05, 4.69) is 10.3 Å². The third-order valence-corrected chi connectivity index (χ3v) is 4.82. The molecule has 0 radical (unpaired) electrons. The fourth-order valence-electron chi connectivity index (χ4n) is 2.48. The van der Waals surface area contributed by atoms with Crippen LogP contribution in [-0.4, -0.2) is 16.9 Å². The largest absolute Gasteiger partial charge is 0.459 e. The second-order valence-corrected chi connectivity index (χ2v) is 7.33. The lowest BCUT2D eigenvalue weighted by Gasteiger charge is -2.10. The molecule has 0 aliphatic heterocycles. The Morgan fingerprint density at radius 2 is 2.00 bits per heavy atom. The third kappa shape index (κ3) is 4.83. The summed E-state index contributed by atoms with van der Waals surface area (Å²) in [6.07, 6.45) is -3.27. The van der Waals surface area contributed by atoms with Crippen molar-refractivity contribution in [3.05, 3.63) is 69.1 Å². The molecule has 10 heteroatoms. The second kappa shape index (κ2) is 8.08. The molecule has 6 nitrogen and oxygen atoms in total. The Morgan fingerprint density at radius 3 is 2.66 bits per heavy atom. The number of aryl methyl sites for hydroxylation is 2. The fraction of sp³-hybridized carbons (Fsp3) is 0.211. The summed E-state index contributed by atoms with van der Waals surface area (Å²) in [7, 11) is 0. The van der Waals surface area contributed by atoms with E-state index in [-0.39, 0.29) is 21.2 Å². The van der Waals surface area contributed by atoms with Crippen LogP contribution in [0.5, 0.6) is 0 Å². The number of esters is 1. The number of amides is 1. The fourth-order valence-corrected chi connectivity index (χ4v) is 3.35. The van der Waals surface area contributed by atoms with Crippen LogP contribution in [0.3, 0.4) is 0 Å². The van der Waals surface area contributed by atoms with Crippen LogP contribution >= 0.6 is 11.3 Å². The van der Waals surface area contributed by atoms with Gasteiger partial charge in [-0.2, -0.15) is 13.2 Å². The molecular formula is C19H15F3N2O4S. The van der Waals surface area contributed by atoms with Gasteiger partial charge >= 0.3 is 12.1 Å². The van der Waals surface area contributed by atoms with Crippen molar-refractivity contribution < 1.29 is 31.9 Å². The number of furan rings is 1. The molecule has 2 heterocycles. The molecule has 0 aliphatic carbocycles. The van der Waals surface area contributed by atoms with Gasteiger partial charge in [0.1, 0.15) is 6.61 Å². The van der Waals surface area contributed by atoms with E-state index in [0.29, 0.717) is 11.3 Å². The van der Waals surface area contributed by atoms with E-state index < -0.39 is 30.4 Å². The average Bonchev–Trinajstić information content (AvgIpc) is 3.30. The van der Waals surface area contributed by atoms with Gasteiger partial charge in [0.15, 0.2) is 11.5 Å². The third-order valence-electron chi connectivity index (χ3n) is 3.87. The minimum atomic E-state index is -4.63. The molecule has 29 heavy (non-hydrogen) atoms. The highest BCUT2D eigenvalue weighted by atomic mass is 32.1. The molecule has 1 N–H and O–H groups in total. The molecule has 0 atom stereocenters. The molecular weight excluding hydrogens is 409 g/mol. The van der Waals surface area contributed by atoms with Gasteiger partial charge in [-0.25, -0.2) is 9.78 Å². The first-order valence-electron chi connectivity index (χ1n) is 8.31. The number of carbonyl (C=O) groups is 2. The highest BCUT2D eigenvalue weighted by molar-refractivity contribution is 7.11. The van der Waals surface area contributed by atoms with Crippen molar-refractivity contribution in [2.24, 2.45) is 0 Å². The van der Waals surface area contributed by atoms with Crippen LogP contribution in [0.15, 0.2) is 41.0 Å². The van der Waals surface area contributed by atoms with Gasteiger partial charge in [-0.15, -0.1) is 11.3 Å². The van der Waals surface area contributed by atoms with Gasteiger partial charge < -0.3 is 14.5 Å². The molecule has 0 bridgehead atoms. The van der Waals surface area contributed by atoms with Gasteiger partial charge in [-0.1, -0.05) is 6.07 Å². The number of aromatic nitrogens is 1. The van der Waals surface area contributed by atoms with Crippen molar-refractivity contribution in [3.63, 3.8) is 0 Å². The zero-order chi connectivity index (χ0) is 21.2. The van der Waals surface area contributed by atoms with Crippen LogP contribution in [0.1, 0.15) is 42.1 Å². The van der Waals surface area contributed by atoms with E-state index in [9.17, 15) is 22.8 Å². The molecule has 0 saturated carbocycles. The number of ether oxygens (including phenoxy) is 1. The van der Waals surface area contributed by atoms with Gasteiger partial charge in [0, 0.05) is 5.69 Å². The number of carbonyl (C=O) groups excluding carboxylic acids is 2. The zero-order valence-electron chi connectivity index (χ0n) is 15.3. The van der Waals surface area contributed by atoms with Crippen molar-refractivity contribution in [1.82, 2.24) is 4.98 Å². The standard InChI is InChI=1S/C19H15F3N2O4S/c1-10-5-6-12(8-13(10)24-17(25)14-4-3-7-27-14)18(26)28-9-15-16(19(20,21)22)23-11(2)29-15/h3-8H,9H2,1-2H3,(H,24,25). The number of rotatable bonds is 5. The predicted octanol–water partition coefficient (Wildman–Crippen LogP) is 4.98. The minimum Gasteiger partial charge on any atom is -0.459 e. The smallest absolute Gasteiger partial charge is 0.434 e. The van der Waals surface area contributed by atoms with Crippen molar-refractivity contribution in [2.75, 3.05) is 5.32 Å². The molecule has 1 aromatic carbocycles. The molecule has 0 spiro atoms. The van der Waals surface area contributed by atoms with Gasteiger partial charge in [-0.05, 0) is 43.7 Å². The average molecular weight is 424 g/mol. The lowest BCUT2D eigenvalue weighted by Crippen LogP contribution is -2.14. The predicted molar refractivity (Wildman–Crippen MR) is 98.8 cm³/mol. The molecule has 152 valence electrons. The Morgan fingerprint density at radius 1 is 1.24 bits per heavy atom. The van der Waals surface area contributed by atoms with Crippen molar-refractivity contribution in [1.29, 1.82) is 0 Å². The number of nitrogens with one attached hydrogen (secondary N) is 1. The van der Waals surface area contributed by atoms with Gasteiger partial charge in [0.05, 0.1) is 21.7 Å². The summed E-state index contributed by atoms with van der Waals surface area (Å²) >= 11 is 0.815. The van der Waals surface area contributed by atoms with E-state index in [1.165, 1.54) is 31.4 Å². The number of hydrogen-bond acceptors (Lipinski definition) is 6. The van der Waals surface area contributed by atoms with Crippen LogP contribution in [0.4, 0.5) is 18.9 Å². The van der Waals surface area contributed by atoms with E-state index in [0.717, 1.165) is 11.3 Å². The second-order valence-electron chi connectivity index (χ2n) is 6.04. The molecule has 3 aromatic rings. The maximum absolute atomic E-state index is 13.0. The number of thiazole rings is 1. The number of alkyl halides is 3. The van der Waals surface area contributed by atoms with Gasteiger partial charge in [0.2, 0.25) is 0 Å².